The Kier molecular flexibility index (Phi) is 5.40. The molecule has 25 heavy (non-hydrogen) atoms. The number of hydrazone groups is 1. The van der Waals surface area contributed by atoms with Crippen LogP contribution >= 0.6 is 15.9 Å². The van der Waals surface area contributed by atoms with Crippen LogP contribution in [0.3, 0.4) is 0 Å². The Balaban J connectivity index is 1.64. The number of amides is 1. The number of carbonyl (C=O) groups excluding carboxylic acids is 1. The van der Waals surface area contributed by atoms with Gasteiger partial charge in [0.05, 0.1) is 18.3 Å². The van der Waals surface area contributed by atoms with E-state index in [4.69, 9.17) is 0 Å². The summed E-state index contributed by atoms with van der Waals surface area (Å²) in [5.74, 6) is -0.584. The van der Waals surface area contributed by atoms with Crippen molar-refractivity contribution in [2.75, 3.05) is 0 Å². The first-order chi connectivity index (χ1) is 12.1. The molecule has 1 heterocycles. The Hall–Kier alpha value is -2.73. The molecular formula is C19H15BrFN3O. The highest BCUT2D eigenvalue weighted by molar-refractivity contribution is 9.10. The fourth-order valence-corrected chi connectivity index (χ4v) is 2.75. The Morgan fingerprint density at radius 3 is 2.72 bits per heavy atom. The monoisotopic (exact) mass is 399 g/mol. The SMILES string of the molecule is O=C(Cc1ccc(F)cc1)N/N=C/c1cccn1-c1cccc(Br)c1. The van der Waals surface area contributed by atoms with Gasteiger partial charge in [-0.2, -0.15) is 5.10 Å². The van der Waals surface area contributed by atoms with Crippen LogP contribution in [0, 0.1) is 5.82 Å². The van der Waals surface area contributed by atoms with Gasteiger partial charge in [-0.3, -0.25) is 4.79 Å². The largest absolute Gasteiger partial charge is 0.316 e. The van der Waals surface area contributed by atoms with Crippen LogP contribution in [0.2, 0.25) is 0 Å². The van der Waals surface area contributed by atoms with Crippen molar-refractivity contribution in [3.05, 3.63) is 88.4 Å². The summed E-state index contributed by atoms with van der Waals surface area (Å²) >= 11 is 3.45. The summed E-state index contributed by atoms with van der Waals surface area (Å²) in [7, 11) is 0. The first-order valence-electron chi connectivity index (χ1n) is 7.61. The second-order valence-corrected chi connectivity index (χ2v) is 6.30. The van der Waals surface area contributed by atoms with Gasteiger partial charge in [-0.15, -0.1) is 0 Å². The van der Waals surface area contributed by atoms with E-state index in [1.54, 1.807) is 18.3 Å². The van der Waals surface area contributed by atoms with Gasteiger partial charge in [0, 0.05) is 16.4 Å². The number of rotatable bonds is 5. The molecule has 4 nitrogen and oxygen atoms in total. The molecular weight excluding hydrogens is 385 g/mol. The molecule has 2 aromatic carbocycles. The molecule has 0 aliphatic heterocycles. The van der Waals surface area contributed by atoms with E-state index in [2.05, 4.69) is 26.5 Å². The minimum Gasteiger partial charge on any atom is -0.316 e. The van der Waals surface area contributed by atoms with E-state index in [1.165, 1.54) is 12.1 Å². The van der Waals surface area contributed by atoms with Gasteiger partial charge in [-0.25, -0.2) is 9.82 Å². The van der Waals surface area contributed by atoms with E-state index in [9.17, 15) is 9.18 Å². The van der Waals surface area contributed by atoms with Crippen LogP contribution in [-0.4, -0.2) is 16.7 Å². The molecule has 0 bridgehead atoms. The van der Waals surface area contributed by atoms with Crippen molar-refractivity contribution >= 4 is 28.1 Å². The molecule has 0 aliphatic rings. The summed E-state index contributed by atoms with van der Waals surface area (Å²) in [5.41, 5.74) is 5.03. The highest BCUT2D eigenvalue weighted by Gasteiger charge is 2.04. The van der Waals surface area contributed by atoms with E-state index < -0.39 is 0 Å². The predicted octanol–water partition coefficient (Wildman–Crippen LogP) is 4.07. The molecule has 1 amide bonds. The Labute approximate surface area is 153 Å². The smallest absolute Gasteiger partial charge is 0.244 e. The van der Waals surface area contributed by atoms with Crippen molar-refractivity contribution in [2.24, 2.45) is 5.10 Å². The number of nitrogens with one attached hydrogen (secondary N) is 1. The summed E-state index contributed by atoms with van der Waals surface area (Å²) < 4.78 is 15.8. The van der Waals surface area contributed by atoms with Crippen molar-refractivity contribution in [3.8, 4) is 5.69 Å². The van der Waals surface area contributed by atoms with E-state index in [1.807, 2.05) is 47.2 Å². The molecule has 0 radical (unpaired) electrons. The molecule has 1 N–H and O–H groups in total. The van der Waals surface area contributed by atoms with Crippen molar-refractivity contribution in [3.63, 3.8) is 0 Å². The van der Waals surface area contributed by atoms with Crippen molar-refractivity contribution in [2.45, 2.75) is 6.42 Å². The molecule has 1 aromatic heterocycles. The number of hydrogen-bond donors (Lipinski definition) is 1. The van der Waals surface area contributed by atoms with E-state index in [-0.39, 0.29) is 18.1 Å². The average molecular weight is 400 g/mol. The number of benzene rings is 2. The lowest BCUT2D eigenvalue weighted by atomic mass is 10.1. The summed E-state index contributed by atoms with van der Waals surface area (Å²) in [4.78, 5) is 11.9. The molecule has 6 heteroatoms. The van der Waals surface area contributed by atoms with Gasteiger partial charge >= 0.3 is 0 Å². The number of nitrogens with zero attached hydrogens (tertiary/aromatic N) is 2. The Morgan fingerprint density at radius 2 is 1.96 bits per heavy atom. The van der Waals surface area contributed by atoms with E-state index >= 15 is 0 Å². The quantitative estimate of drug-likeness (QED) is 0.510. The highest BCUT2D eigenvalue weighted by atomic mass is 79.9. The minimum absolute atomic E-state index is 0.143. The molecule has 0 aliphatic carbocycles. The maximum absolute atomic E-state index is 12.9. The number of aromatic nitrogens is 1. The van der Waals surface area contributed by atoms with Gasteiger partial charge in [-0.05, 0) is 48.0 Å². The lowest BCUT2D eigenvalue weighted by molar-refractivity contribution is -0.120. The molecule has 0 atom stereocenters. The third-order valence-corrected chi connectivity index (χ3v) is 4.02. The van der Waals surface area contributed by atoms with Crippen molar-refractivity contribution in [1.29, 1.82) is 0 Å². The first-order valence-corrected chi connectivity index (χ1v) is 8.41. The second-order valence-electron chi connectivity index (χ2n) is 5.38. The molecule has 3 aromatic rings. The topological polar surface area (TPSA) is 46.4 Å². The fourth-order valence-electron chi connectivity index (χ4n) is 2.36. The summed E-state index contributed by atoms with van der Waals surface area (Å²) in [6.45, 7) is 0. The van der Waals surface area contributed by atoms with E-state index in [0.717, 1.165) is 21.4 Å². The van der Waals surface area contributed by atoms with Crippen LogP contribution in [-0.2, 0) is 11.2 Å². The van der Waals surface area contributed by atoms with Crippen LogP contribution in [0.25, 0.3) is 5.69 Å². The van der Waals surface area contributed by atoms with Crippen LogP contribution in [0.4, 0.5) is 4.39 Å². The normalized spacial score (nSPS) is 11.0. The van der Waals surface area contributed by atoms with Gasteiger partial charge < -0.3 is 4.57 Å². The fraction of sp³-hybridized carbons (Fsp3) is 0.0526. The molecule has 126 valence electrons. The first kappa shape index (κ1) is 17.1. The number of hydrogen-bond acceptors (Lipinski definition) is 2. The molecule has 0 saturated heterocycles. The maximum Gasteiger partial charge on any atom is 0.244 e. The molecule has 3 rings (SSSR count). The van der Waals surface area contributed by atoms with Crippen LogP contribution in [0.5, 0.6) is 0 Å². The zero-order valence-electron chi connectivity index (χ0n) is 13.2. The Bertz CT molecular complexity index is 903. The molecule has 0 fully saturated rings. The zero-order valence-corrected chi connectivity index (χ0v) is 14.8. The second kappa shape index (κ2) is 7.90. The maximum atomic E-state index is 12.9. The van der Waals surface area contributed by atoms with Gasteiger partial charge in [0.15, 0.2) is 0 Å². The molecule has 0 unspecified atom stereocenters. The Morgan fingerprint density at radius 1 is 1.16 bits per heavy atom. The van der Waals surface area contributed by atoms with Crippen LogP contribution in [0.1, 0.15) is 11.3 Å². The van der Waals surface area contributed by atoms with Gasteiger partial charge in [0.25, 0.3) is 0 Å². The van der Waals surface area contributed by atoms with Gasteiger partial charge in [0.1, 0.15) is 5.82 Å². The average Bonchev–Trinajstić information content (AvgIpc) is 3.05. The standard InChI is InChI=1S/C19H15BrFN3O/c20-15-3-1-4-17(12-15)24-10-2-5-18(24)13-22-23-19(25)11-14-6-8-16(21)9-7-14/h1-10,12-13H,11H2,(H,23,25)/b22-13+. The molecule has 0 spiro atoms. The third kappa shape index (κ3) is 4.64. The number of carbonyl (C=O) groups is 1. The zero-order chi connectivity index (χ0) is 17.6. The predicted molar refractivity (Wildman–Crippen MR) is 99.3 cm³/mol. The van der Waals surface area contributed by atoms with Crippen molar-refractivity contribution in [1.82, 2.24) is 9.99 Å². The highest BCUT2D eigenvalue weighted by Crippen LogP contribution is 2.17. The molecule has 0 saturated carbocycles. The lowest BCUT2D eigenvalue weighted by Gasteiger charge is -2.06. The van der Waals surface area contributed by atoms with Gasteiger partial charge in [-0.1, -0.05) is 34.1 Å². The van der Waals surface area contributed by atoms with Crippen LogP contribution in [0.15, 0.2) is 76.4 Å². The lowest BCUT2D eigenvalue weighted by Crippen LogP contribution is -2.20. The summed E-state index contributed by atoms with van der Waals surface area (Å²) in [6, 6.07) is 17.5. The summed E-state index contributed by atoms with van der Waals surface area (Å²) in [6.07, 6.45) is 3.65. The van der Waals surface area contributed by atoms with Crippen LogP contribution < -0.4 is 5.43 Å². The number of halogens is 2. The van der Waals surface area contributed by atoms with Gasteiger partial charge in [0.2, 0.25) is 5.91 Å². The third-order valence-electron chi connectivity index (χ3n) is 3.53. The van der Waals surface area contributed by atoms with Crippen molar-refractivity contribution < 1.29 is 9.18 Å². The minimum atomic E-state index is -0.324. The van der Waals surface area contributed by atoms with E-state index in [0.29, 0.717) is 0 Å². The summed E-state index contributed by atoms with van der Waals surface area (Å²) in [5, 5.41) is 4.00.